The molecule has 0 saturated heterocycles. The number of amides is 1. The fourth-order valence-corrected chi connectivity index (χ4v) is 4.10. The number of aromatic nitrogens is 4. The summed E-state index contributed by atoms with van der Waals surface area (Å²) in [6.07, 6.45) is 3.29. The maximum atomic E-state index is 12.9. The third-order valence-corrected chi connectivity index (χ3v) is 5.41. The topological polar surface area (TPSA) is 80.5 Å². The molecule has 8 heteroatoms. The average molecular weight is 361 g/mol. The van der Waals surface area contributed by atoms with E-state index in [0.29, 0.717) is 20.9 Å². The number of hydrogen-bond donors (Lipinski definition) is 0. The van der Waals surface area contributed by atoms with Crippen molar-refractivity contribution in [3.8, 4) is 11.4 Å². The highest BCUT2D eigenvalue weighted by Crippen LogP contribution is 2.33. The molecule has 126 valence electrons. The van der Waals surface area contributed by atoms with E-state index in [-0.39, 0.29) is 11.5 Å². The third-order valence-electron chi connectivity index (χ3n) is 4.38. The Morgan fingerprint density at radius 3 is 2.58 bits per heavy atom. The smallest absolute Gasteiger partial charge is 0.291 e. The van der Waals surface area contributed by atoms with Gasteiger partial charge in [-0.3, -0.25) is 14.6 Å². The number of benzene rings is 1. The van der Waals surface area contributed by atoms with Crippen LogP contribution in [-0.2, 0) is 4.79 Å². The fraction of sp³-hybridized carbons (Fsp3) is 0.0556. The van der Waals surface area contributed by atoms with Crippen LogP contribution in [0.2, 0.25) is 0 Å². The molecule has 0 spiro atoms. The van der Waals surface area contributed by atoms with Crippen molar-refractivity contribution in [3.05, 3.63) is 69.2 Å². The zero-order valence-corrected chi connectivity index (χ0v) is 14.4. The van der Waals surface area contributed by atoms with Gasteiger partial charge < -0.3 is 4.90 Å². The molecule has 1 aliphatic rings. The zero-order valence-electron chi connectivity index (χ0n) is 13.6. The number of carbonyl (C=O) groups is 1. The van der Waals surface area contributed by atoms with E-state index in [2.05, 4.69) is 15.1 Å². The number of pyridine rings is 1. The van der Waals surface area contributed by atoms with Crippen molar-refractivity contribution in [1.29, 1.82) is 0 Å². The van der Waals surface area contributed by atoms with Crippen molar-refractivity contribution in [2.75, 3.05) is 11.9 Å². The van der Waals surface area contributed by atoms with Crippen LogP contribution in [0.3, 0.4) is 0 Å². The minimum atomic E-state index is -0.328. The maximum absolute atomic E-state index is 12.9. The van der Waals surface area contributed by atoms with Crippen molar-refractivity contribution in [3.63, 3.8) is 0 Å². The zero-order chi connectivity index (χ0) is 17.8. The van der Waals surface area contributed by atoms with E-state index in [1.807, 2.05) is 24.3 Å². The number of para-hydroxylation sites is 1. The summed E-state index contributed by atoms with van der Waals surface area (Å²) in [7, 11) is 1.71. The van der Waals surface area contributed by atoms with E-state index < -0.39 is 0 Å². The van der Waals surface area contributed by atoms with Crippen molar-refractivity contribution in [2.45, 2.75) is 0 Å². The first-order chi connectivity index (χ1) is 12.6. The quantitative estimate of drug-likeness (QED) is 0.507. The minimum absolute atomic E-state index is 0.192. The van der Waals surface area contributed by atoms with Crippen LogP contribution in [0.25, 0.3) is 21.9 Å². The second-order valence-electron chi connectivity index (χ2n) is 5.86. The molecular weight excluding hydrogens is 350 g/mol. The lowest BCUT2D eigenvalue weighted by molar-refractivity contribution is -0.112. The Kier molecular flexibility index (Phi) is 3.04. The van der Waals surface area contributed by atoms with Crippen LogP contribution in [0, 0.1) is 0 Å². The summed E-state index contributed by atoms with van der Waals surface area (Å²) >= 11 is 1.18. The van der Waals surface area contributed by atoms with E-state index in [1.165, 1.54) is 15.9 Å². The van der Waals surface area contributed by atoms with Crippen LogP contribution in [-0.4, -0.2) is 32.5 Å². The Hall–Kier alpha value is -3.39. The molecule has 1 amide bonds. The highest BCUT2D eigenvalue weighted by molar-refractivity contribution is 7.15. The van der Waals surface area contributed by atoms with Crippen LogP contribution in [0.5, 0.6) is 0 Å². The lowest BCUT2D eigenvalue weighted by Gasteiger charge is -2.07. The van der Waals surface area contributed by atoms with Crippen molar-refractivity contribution < 1.29 is 4.79 Å². The fourth-order valence-electron chi connectivity index (χ4n) is 3.10. The van der Waals surface area contributed by atoms with E-state index in [1.54, 1.807) is 36.5 Å². The van der Waals surface area contributed by atoms with Crippen LogP contribution < -0.4 is 15.0 Å². The van der Waals surface area contributed by atoms with Gasteiger partial charge in [-0.2, -0.15) is 9.50 Å². The molecule has 26 heavy (non-hydrogen) atoms. The number of rotatable bonds is 1. The summed E-state index contributed by atoms with van der Waals surface area (Å²) in [6.45, 7) is 0. The first-order valence-electron chi connectivity index (χ1n) is 7.87. The number of anilines is 1. The Morgan fingerprint density at radius 2 is 1.81 bits per heavy atom. The van der Waals surface area contributed by atoms with Gasteiger partial charge in [0.25, 0.3) is 11.5 Å². The molecule has 0 unspecified atom stereocenters. The van der Waals surface area contributed by atoms with Gasteiger partial charge >= 0.3 is 0 Å². The van der Waals surface area contributed by atoms with Crippen LogP contribution in [0.4, 0.5) is 5.69 Å². The SMILES string of the molecule is CN1C(=O)C(=c2sc3nc(-c4ccncc4)nn3c2=O)c2ccccc21. The molecule has 4 aromatic rings. The molecule has 5 rings (SSSR count). The molecule has 0 atom stereocenters. The molecule has 7 nitrogen and oxygen atoms in total. The molecule has 0 radical (unpaired) electrons. The second kappa shape index (κ2) is 5.30. The molecule has 0 fully saturated rings. The van der Waals surface area contributed by atoms with Gasteiger partial charge in [0, 0.05) is 30.6 Å². The summed E-state index contributed by atoms with van der Waals surface area (Å²) < 4.78 is 1.62. The first kappa shape index (κ1) is 14.9. The molecule has 0 bridgehead atoms. The second-order valence-corrected chi connectivity index (χ2v) is 6.84. The Balaban J connectivity index is 1.78. The van der Waals surface area contributed by atoms with Crippen LogP contribution in [0.1, 0.15) is 5.56 Å². The molecule has 3 aromatic heterocycles. The van der Waals surface area contributed by atoms with Gasteiger partial charge in [0.1, 0.15) is 4.53 Å². The first-order valence-corrected chi connectivity index (χ1v) is 8.68. The van der Waals surface area contributed by atoms with Gasteiger partial charge in [0.2, 0.25) is 4.96 Å². The number of likely N-dealkylation sites (N-methyl/N-ethyl adjacent to an activating group) is 1. The molecular formula is C18H11N5O2S. The van der Waals surface area contributed by atoms with Crippen molar-refractivity contribution in [2.24, 2.45) is 0 Å². The number of carbonyl (C=O) groups excluding carboxylic acids is 1. The third kappa shape index (κ3) is 1.96. The summed E-state index contributed by atoms with van der Waals surface area (Å²) in [5.74, 6) is 0.268. The van der Waals surface area contributed by atoms with E-state index in [0.717, 1.165) is 16.8 Å². The average Bonchev–Trinajstić information content (AvgIpc) is 3.29. The lowest BCUT2D eigenvalue weighted by atomic mass is 10.1. The monoisotopic (exact) mass is 361 g/mol. The molecule has 0 N–H and O–H groups in total. The van der Waals surface area contributed by atoms with E-state index >= 15 is 0 Å². The van der Waals surface area contributed by atoms with Gasteiger partial charge in [-0.1, -0.05) is 29.5 Å². The minimum Gasteiger partial charge on any atom is -0.311 e. The molecule has 1 aromatic carbocycles. The standard InChI is InChI=1S/C18H11N5O2S/c1-22-12-5-3-2-4-11(12)13(16(22)24)14-17(25)23-18(26-14)20-15(21-23)10-6-8-19-9-7-10/h2-9H,1H3. The Morgan fingerprint density at radius 1 is 1.04 bits per heavy atom. The Labute approximate surface area is 150 Å². The van der Waals surface area contributed by atoms with E-state index in [4.69, 9.17) is 0 Å². The van der Waals surface area contributed by atoms with Gasteiger partial charge in [-0.05, 0) is 18.2 Å². The molecule has 0 saturated carbocycles. The number of nitrogens with zero attached hydrogens (tertiary/aromatic N) is 5. The Bertz CT molecular complexity index is 1290. The normalized spacial score (nSPS) is 15.7. The van der Waals surface area contributed by atoms with Crippen molar-refractivity contribution in [1.82, 2.24) is 19.6 Å². The lowest BCUT2D eigenvalue weighted by Crippen LogP contribution is -2.30. The van der Waals surface area contributed by atoms with Crippen LogP contribution >= 0.6 is 11.3 Å². The molecule has 4 heterocycles. The van der Waals surface area contributed by atoms with Gasteiger partial charge in [-0.25, -0.2) is 0 Å². The summed E-state index contributed by atoms with van der Waals surface area (Å²) in [6, 6.07) is 11.0. The van der Waals surface area contributed by atoms with Gasteiger partial charge in [0.15, 0.2) is 5.82 Å². The van der Waals surface area contributed by atoms with E-state index in [9.17, 15) is 9.59 Å². The highest BCUT2D eigenvalue weighted by atomic mass is 32.1. The summed E-state index contributed by atoms with van der Waals surface area (Å²) in [5, 5.41) is 4.31. The number of hydrogen-bond acceptors (Lipinski definition) is 6. The maximum Gasteiger partial charge on any atom is 0.291 e. The summed E-state index contributed by atoms with van der Waals surface area (Å²) in [5.41, 5.74) is 2.42. The van der Waals surface area contributed by atoms with Crippen molar-refractivity contribution >= 4 is 33.5 Å². The van der Waals surface area contributed by atoms with Gasteiger partial charge in [0.05, 0.1) is 11.3 Å². The molecule has 0 aliphatic carbocycles. The van der Waals surface area contributed by atoms with Gasteiger partial charge in [-0.15, -0.1) is 5.10 Å². The number of thiazole rings is 1. The predicted octanol–water partition coefficient (Wildman–Crippen LogP) is 1.11. The van der Waals surface area contributed by atoms with Crippen LogP contribution in [0.15, 0.2) is 53.6 Å². The highest BCUT2D eigenvalue weighted by Gasteiger charge is 2.31. The predicted molar refractivity (Wildman–Crippen MR) is 97.9 cm³/mol. The largest absolute Gasteiger partial charge is 0.311 e. The molecule has 1 aliphatic heterocycles. The summed E-state index contributed by atoms with van der Waals surface area (Å²) in [4.78, 5) is 36.0. The number of fused-ring (bicyclic) bond motifs is 2.